The average Bonchev–Trinajstić information content (AvgIpc) is 2.68. The van der Waals surface area contributed by atoms with Gasteiger partial charge in [0.05, 0.1) is 5.41 Å². The van der Waals surface area contributed by atoms with E-state index in [0.717, 1.165) is 44.6 Å². The molecule has 25 heavy (non-hydrogen) atoms. The highest BCUT2D eigenvalue weighted by atomic mass is 16.2. The molecule has 0 bridgehead atoms. The Morgan fingerprint density at radius 1 is 1.28 bits per heavy atom. The van der Waals surface area contributed by atoms with Crippen molar-refractivity contribution in [2.75, 3.05) is 32.7 Å². The van der Waals surface area contributed by atoms with Gasteiger partial charge in [0.25, 0.3) is 0 Å². The van der Waals surface area contributed by atoms with E-state index in [4.69, 9.17) is 0 Å². The maximum Gasteiger partial charge on any atom is 0.235 e. The van der Waals surface area contributed by atoms with Crippen LogP contribution in [0.15, 0.2) is 30.3 Å². The van der Waals surface area contributed by atoms with E-state index in [1.54, 1.807) is 0 Å². The summed E-state index contributed by atoms with van der Waals surface area (Å²) < 4.78 is 0. The van der Waals surface area contributed by atoms with Gasteiger partial charge in [-0.15, -0.1) is 0 Å². The first-order chi connectivity index (χ1) is 12.2. The monoisotopic (exact) mass is 343 g/mol. The zero-order chi connectivity index (χ0) is 17.7. The average molecular weight is 343 g/mol. The Balaban J connectivity index is 1.74. The molecular formula is C20H29N3O2. The van der Waals surface area contributed by atoms with Crippen LogP contribution in [0.5, 0.6) is 0 Å². The second-order valence-corrected chi connectivity index (χ2v) is 7.27. The van der Waals surface area contributed by atoms with Crippen LogP contribution < -0.4 is 10.6 Å². The summed E-state index contributed by atoms with van der Waals surface area (Å²) >= 11 is 0. The number of hydrogen-bond donors (Lipinski definition) is 2. The standard InChI is InChI=1S/C20H29N3O2/c1-2-21-14-16-9-12-23(13-10-16)19(25)20(11-8-18(24)22-15-20)17-6-4-3-5-7-17/h3-7,16,21H,2,8-15H2,1H3,(H,22,24). The molecule has 2 aliphatic rings. The summed E-state index contributed by atoms with van der Waals surface area (Å²) in [6.45, 7) is 6.20. The van der Waals surface area contributed by atoms with Gasteiger partial charge in [0, 0.05) is 26.1 Å². The van der Waals surface area contributed by atoms with Crippen molar-refractivity contribution >= 4 is 11.8 Å². The molecule has 5 heteroatoms. The van der Waals surface area contributed by atoms with Crippen LogP contribution in [0.25, 0.3) is 0 Å². The van der Waals surface area contributed by atoms with Gasteiger partial charge in [-0.1, -0.05) is 37.3 Å². The molecule has 2 saturated heterocycles. The van der Waals surface area contributed by atoms with E-state index < -0.39 is 5.41 Å². The Morgan fingerprint density at radius 3 is 2.60 bits per heavy atom. The topological polar surface area (TPSA) is 61.4 Å². The minimum Gasteiger partial charge on any atom is -0.355 e. The van der Waals surface area contributed by atoms with Crippen LogP contribution in [0.2, 0.25) is 0 Å². The normalized spacial score (nSPS) is 24.8. The van der Waals surface area contributed by atoms with Crippen molar-refractivity contribution in [1.82, 2.24) is 15.5 Å². The summed E-state index contributed by atoms with van der Waals surface area (Å²) in [5.41, 5.74) is 0.415. The van der Waals surface area contributed by atoms with Gasteiger partial charge < -0.3 is 15.5 Å². The van der Waals surface area contributed by atoms with Gasteiger partial charge in [0.1, 0.15) is 0 Å². The number of nitrogens with zero attached hydrogens (tertiary/aromatic N) is 1. The van der Waals surface area contributed by atoms with Crippen molar-refractivity contribution in [1.29, 1.82) is 0 Å². The molecule has 1 aromatic rings. The van der Waals surface area contributed by atoms with Crippen LogP contribution in [-0.2, 0) is 15.0 Å². The fourth-order valence-corrected chi connectivity index (χ4v) is 4.05. The number of benzene rings is 1. The first-order valence-electron chi connectivity index (χ1n) is 9.48. The van der Waals surface area contributed by atoms with Crippen molar-refractivity contribution in [3.63, 3.8) is 0 Å². The van der Waals surface area contributed by atoms with E-state index in [9.17, 15) is 9.59 Å². The number of nitrogens with one attached hydrogen (secondary N) is 2. The third-order valence-electron chi connectivity index (χ3n) is 5.69. The van der Waals surface area contributed by atoms with Crippen molar-refractivity contribution < 1.29 is 9.59 Å². The smallest absolute Gasteiger partial charge is 0.235 e. The molecule has 2 aliphatic heterocycles. The summed E-state index contributed by atoms with van der Waals surface area (Å²) in [4.78, 5) is 27.2. The highest BCUT2D eigenvalue weighted by molar-refractivity contribution is 5.91. The minimum absolute atomic E-state index is 0.0451. The molecule has 1 unspecified atom stereocenters. The lowest BCUT2D eigenvalue weighted by atomic mass is 9.73. The SMILES string of the molecule is CCNCC1CCN(C(=O)C2(c3ccccc3)CCC(=O)NC2)CC1. The van der Waals surface area contributed by atoms with Crippen molar-refractivity contribution in [3.05, 3.63) is 35.9 Å². The van der Waals surface area contributed by atoms with E-state index in [-0.39, 0.29) is 11.8 Å². The van der Waals surface area contributed by atoms with E-state index >= 15 is 0 Å². The number of likely N-dealkylation sites (tertiary alicyclic amines) is 1. The number of hydrogen-bond acceptors (Lipinski definition) is 3. The van der Waals surface area contributed by atoms with Gasteiger partial charge in [-0.3, -0.25) is 9.59 Å². The van der Waals surface area contributed by atoms with Crippen LogP contribution in [0.3, 0.4) is 0 Å². The summed E-state index contributed by atoms with van der Waals surface area (Å²) in [5.74, 6) is 0.882. The zero-order valence-corrected chi connectivity index (χ0v) is 15.1. The number of amides is 2. The molecule has 0 radical (unpaired) electrons. The maximum absolute atomic E-state index is 13.5. The number of carbonyl (C=O) groups excluding carboxylic acids is 2. The Hall–Kier alpha value is -1.88. The molecule has 136 valence electrons. The van der Waals surface area contributed by atoms with Gasteiger partial charge in [0.2, 0.25) is 11.8 Å². The number of carbonyl (C=O) groups is 2. The van der Waals surface area contributed by atoms with E-state index in [1.807, 2.05) is 35.2 Å². The highest BCUT2D eigenvalue weighted by Gasteiger charge is 2.45. The largest absolute Gasteiger partial charge is 0.355 e. The summed E-state index contributed by atoms with van der Waals surface area (Å²) in [7, 11) is 0. The summed E-state index contributed by atoms with van der Waals surface area (Å²) in [6.07, 6.45) is 3.11. The van der Waals surface area contributed by atoms with Crippen molar-refractivity contribution in [3.8, 4) is 0 Å². The Morgan fingerprint density at radius 2 is 2.00 bits per heavy atom. The highest BCUT2D eigenvalue weighted by Crippen LogP contribution is 2.35. The molecule has 0 aliphatic carbocycles. The second-order valence-electron chi connectivity index (χ2n) is 7.27. The predicted octanol–water partition coefficient (Wildman–Crippen LogP) is 1.68. The molecule has 0 spiro atoms. The summed E-state index contributed by atoms with van der Waals surface area (Å²) in [6, 6.07) is 9.96. The van der Waals surface area contributed by atoms with Gasteiger partial charge in [-0.25, -0.2) is 0 Å². The van der Waals surface area contributed by atoms with Crippen LogP contribution in [0.1, 0.15) is 38.2 Å². The maximum atomic E-state index is 13.5. The lowest BCUT2D eigenvalue weighted by Gasteiger charge is -2.42. The zero-order valence-electron chi connectivity index (χ0n) is 15.1. The molecule has 3 rings (SSSR count). The first kappa shape index (κ1) is 17.9. The fourth-order valence-electron chi connectivity index (χ4n) is 4.05. The molecule has 5 nitrogen and oxygen atoms in total. The van der Waals surface area contributed by atoms with E-state index in [1.165, 1.54) is 0 Å². The lowest BCUT2D eigenvalue weighted by Crippen LogP contribution is -2.57. The van der Waals surface area contributed by atoms with E-state index in [0.29, 0.717) is 25.3 Å². The quantitative estimate of drug-likeness (QED) is 0.855. The van der Waals surface area contributed by atoms with Crippen LogP contribution in [0, 0.1) is 5.92 Å². The van der Waals surface area contributed by atoms with Crippen LogP contribution >= 0.6 is 0 Å². The van der Waals surface area contributed by atoms with Crippen LogP contribution in [-0.4, -0.2) is 49.4 Å². The lowest BCUT2D eigenvalue weighted by molar-refractivity contribution is -0.141. The van der Waals surface area contributed by atoms with Crippen molar-refractivity contribution in [2.24, 2.45) is 5.92 Å². The molecule has 2 heterocycles. The molecule has 1 aromatic carbocycles. The molecular weight excluding hydrogens is 314 g/mol. The Bertz CT molecular complexity index is 584. The van der Waals surface area contributed by atoms with Crippen LogP contribution in [0.4, 0.5) is 0 Å². The van der Waals surface area contributed by atoms with Gasteiger partial charge in [0.15, 0.2) is 0 Å². The molecule has 1 atom stereocenters. The van der Waals surface area contributed by atoms with Crippen molar-refractivity contribution in [2.45, 2.75) is 38.0 Å². The third kappa shape index (κ3) is 3.87. The van der Waals surface area contributed by atoms with Gasteiger partial charge >= 0.3 is 0 Å². The van der Waals surface area contributed by atoms with Gasteiger partial charge in [-0.2, -0.15) is 0 Å². The molecule has 0 saturated carbocycles. The molecule has 0 aromatic heterocycles. The van der Waals surface area contributed by atoms with E-state index in [2.05, 4.69) is 17.6 Å². The first-order valence-corrected chi connectivity index (χ1v) is 9.48. The second kappa shape index (κ2) is 8.00. The molecule has 2 amide bonds. The number of rotatable bonds is 5. The molecule has 2 N–H and O–H groups in total. The number of piperidine rings is 2. The Labute approximate surface area is 150 Å². The fraction of sp³-hybridized carbons (Fsp3) is 0.600. The minimum atomic E-state index is -0.607. The third-order valence-corrected chi connectivity index (χ3v) is 5.69. The molecule has 2 fully saturated rings. The Kier molecular flexibility index (Phi) is 5.74. The predicted molar refractivity (Wildman–Crippen MR) is 98.2 cm³/mol. The summed E-state index contributed by atoms with van der Waals surface area (Å²) in [5, 5.41) is 6.34. The van der Waals surface area contributed by atoms with Gasteiger partial charge in [-0.05, 0) is 43.8 Å².